The maximum atomic E-state index is 13.7. The molecule has 20 heavy (non-hydrogen) atoms. The summed E-state index contributed by atoms with van der Waals surface area (Å²) in [6.07, 6.45) is 0.901. The number of amides is 1. The summed E-state index contributed by atoms with van der Waals surface area (Å²) in [5.41, 5.74) is 0.703. The summed E-state index contributed by atoms with van der Waals surface area (Å²) in [7, 11) is 0. The molecule has 2 rings (SSSR count). The number of fused-ring (bicyclic) bond motifs is 1. The Bertz CT molecular complexity index is 628. The van der Waals surface area contributed by atoms with E-state index in [9.17, 15) is 9.18 Å². The van der Waals surface area contributed by atoms with Crippen LogP contribution in [0.3, 0.4) is 0 Å². The fraction of sp³-hybridized carbons (Fsp3) is 0.353. The van der Waals surface area contributed by atoms with Crippen molar-refractivity contribution in [3.8, 4) is 0 Å². The van der Waals surface area contributed by atoms with Gasteiger partial charge in [0.05, 0.1) is 0 Å². The molecule has 0 aliphatic heterocycles. The van der Waals surface area contributed by atoms with Gasteiger partial charge in [0.25, 0.3) is 5.91 Å². The van der Waals surface area contributed by atoms with E-state index >= 15 is 0 Å². The van der Waals surface area contributed by atoms with E-state index < -0.39 is 0 Å². The third-order valence-electron chi connectivity index (χ3n) is 3.28. The Hall–Kier alpha value is -1.90. The van der Waals surface area contributed by atoms with Crippen LogP contribution < -0.4 is 5.32 Å². The summed E-state index contributed by atoms with van der Waals surface area (Å²) < 4.78 is 13.7. The van der Waals surface area contributed by atoms with Crippen molar-refractivity contribution in [1.82, 2.24) is 5.32 Å². The quantitative estimate of drug-likeness (QED) is 0.894. The maximum Gasteiger partial charge on any atom is 0.251 e. The molecule has 3 heteroatoms. The first-order valence-electron chi connectivity index (χ1n) is 6.84. The van der Waals surface area contributed by atoms with Crippen LogP contribution in [0, 0.1) is 11.2 Å². The molecule has 106 valence electrons. The lowest BCUT2D eigenvalue weighted by Gasteiger charge is -2.18. The molecule has 2 aromatic carbocycles. The van der Waals surface area contributed by atoms with Crippen LogP contribution in [0.5, 0.6) is 0 Å². The molecular weight excluding hydrogens is 253 g/mol. The predicted octanol–water partition coefficient (Wildman–Crippen LogP) is 4.14. The number of hydrogen-bond acceptors (Lipinski definition) is 1. The third kappa shape index (κ3) is 3.35. The number of hydrogen-bond donors (Lipinski definition) is 1. The van der Waals surface area contributed by atoms with E-state index in [1.165, 1.54) is 6.07 Å². The standard InChI is InChI=1S/C17H20FNO/c1-17(2,3)10-11-19-16(20)14-8-9-15(18)13-7-5-4-6-12(13)14/h4-9H,10-11H2,1-3H3,(H,19,20). The Morgan fingerprint density at radius 3 is 2.40 bits per heavy atom. The molecule has 0 aliphatic rings. The highest BCUT2D eigenvalue weighted by Crippen LogP contribution is 2.22. The maximum absolute atomic E-state index is 13.7. The van der Waals surface area contributed by atoms with Gasteiger partial charge in [0.2, 0.25) is 0 Å². The molecule has 0 radical (unpaired) electrons. The van der Waals surface area contributed by atoms with Gasteiger partial charge in [-0.15, -0.1) is 0 Å². The van der Waals surface area contributed by atoms with Crippen LogP contribution in [0.1, 0.15) is 37.6 Å². The first-order valence-corrected chi connectivity index (χ1v) is 6.84. The zero-order chi connectivity index (χ0) is 14.8. The third-order valence-corrected chi connectivity index (χ3v) is 3.28. The van der Waals surface area contributed by atoms with Crippen molar-refractivity contribution in [2.45, 2.75) is 27.2 Å². The van der Waals surface area contributed by atoms with Gasteiger partial charge < -0.3 is 5.32 Å². The second kappa shape index (κ2) is 5.61. The number of rotatable bonds is 3. The van der Waals surface area contributed by atoms with E-state index in [4.69, 9.17) is 0 Å². The SMILES string of the molecule is CC(C)(C)CCNC(=O)c1ccc(F)c2ccccc12. The van der Waals surface area contributed by atoms with Crippen molar-refractivity contribution in [3.63, 3.8) is 0 Å². The second-order valence-corrected chi connectivity index (χ2v) is 6.21. The summed E-state index contributed by atoms with van der Waals surface area (Å²) >= 11 is 0. The van der Waals surface area contributed by atoms with Crippen LogP contribution >= 0.6 is 0 Å². The Balaban J connectivity index is 2.21. The van der Waals surface area contributed by atoms with E-state index in [1.807, 2.05) is 6.07 Å². The van der Waals surface area contributed by atoms with Gasteiger partial charge in [-0.1, -0.05) is 45.0 Å². The van der Waals surface area contributed by atoms with Crippen molar-refractivity contribution < 1.29 is 9.18 Å². The zero-order valence-electron chi connectivity index (χ0n) is 12.2. The number of nitrogens with one attached hydrogen (secondary N) is 1. The Labute approximate surface area is 119 Å². The molecule has 0 saturated heterocycles. The van der Waals surface area contributed by atoms with Gasteiger partial charge >= 0.3 is 0 Å². The Kier molecular flexibility index (Phi) is 4.07. The average molecular weight is 273 g/mol. The van der Waals surface area contributed by atoms with Crippen LogP contribution in [0.2, 0.25) is 0 Å². The van der Waals surface area contributed by atoms with E-state index in [1.54, 1.807) is 24.3 Å². The molecule has 0 unspecified atom stereocenters. The zero-order valence-corrected chi connectivity index (χ0v) is 12.2. The monoisotopic (exact) mass is 273 g/mol. The summed E-state index contributed by atoms with van der Waals surface area (Å²) in [5, 5.41) is 4.04. The molecule has 0 heterocycles. The van der Waals surface area contributed by atoms with E-state index in [2.05, 4.69) is 26.1 Å². The molecule has 0 fully saturated rings. The number of carbonyl (C=O) groups is 1. The first kappa shape index (κ1) is 14.5. The molecule has 0 bridgehead atoms. The Morgan fingerprint density at radius 2 is 1.75 bits per heavy atom. The van der Waals surface area contributed by atoms with Crippen LogP contribution in [0.4, 0.5) is 4.39 Å². The normalized spacial score (nSPS) is 11.6. The minimum atomic E-state index is -0.299. The average Bonchev–Trinajstić information content (AvgIpc) is 2.38. The van der Waals surface area contributed by atoms with Crippen LogP contribution in [0.15, 0.2) is 36.4 Å². The minimum Gasteiger partial charge on any atom is -0.352 e. The van der Waals surface area contributed by atoms with Crippen molar-refractivity contribution in [1.29, 1.82) is 0 Å². The number of halogens is 1. The van der Waals surface area contributed by atoms with Crippen LogP contribution in [-0.2, 0) is 0 Å². The topological polar surface area (TPSA) is 29.1 Å². The first-order chi connectivity index (χ1) is 9.38. The molecule has 0 saturated carbocycles. The fourth-order valence-corrected chi connectivity index (χ4v) is 2.11. The van der Waals surface area contributed by atoms with Crippen LogP contribution in [0.25, 0.3) is 10.8 Å². The van der Waals surface area contributed by atoms with Gasteiger partial charge in [-0.2, -0.15) is 0 Å². The summed E-state index contributed by atoms with van der Waals surface area (Å²) in [5.74, 6) is -0.447. The fourth-order valence-electron chi connectivity index (χ4n) is 2.11. The smallest absolute Gasteiger partial charge is 0.251 e. The Morgan fingerprint density at radius 1 is 1.10 bits per heavy atom. The summed E-state index contributed by atoms with van der Waals surface area (Å²) in [4.78, 5) is 12.2. The highest BCUT2D eigenvalue weighted by Gasteiger charge is 2.14. The molecule has 1 amide bonds. The molecular formula is C17H20FNO. The molecule has 1 N–H and O–H groups in total. The summed E-state index contributed by atoms with van der Waals surface area (Å²) in [6, 6.07) is 9.94. The molecule has 2 nitrogen and oxygen atoms in total. The van der Waals surface area contributed by atoms with Crippen molar-refractivity contribution in [3.05, 3.63) is 47.8 Å². The molecule has 0 aromatic heterocycles. The van der Waals surface area contributed by atoms with E-state index in [0.29, 0.717) is 22.9 Å². The highest BCUT2D eigenvalue weighted by atomic mass is 19.1. The minimum absolute atomic E-state index is 0.148. The molecule has 0 atom stereocenters. The molecule has 0 spiro atoms. The highest BCUT2D eigenvalue weighted by molar-refractivity contribution is 6.07. The van der Waals surface area contributed by atoms with Crippen molar-refractivity contribution in [2.75, 3.05) is 6.54 Å². The van der Waals surface area contributed by atoms with Gasteiger partial charge in [-0.3, -0.25) is 4.79 Å². The van der Waals surface area contributed by atoms with Gasteiger partial charge in [0.15, 0.2) is 0 Å². The van der Waals surface area contributed by atoms with Gasteiger partial charge in [-0.05, 0) is 29.4 Å². The van der Waals surface area contributed by atoms with Gasteiger partial charge in [0.1, 0.15) is 5.82 Å². The van der Waals surface area contributed by atoms with Crippen molar-refractivity contribution >= 4 is 16.7 Å². The lowest BCUT2D eigenvalue weighted by atomic mass is 9.92. The number of carbonyl (C=O) groups excluding carboxylic acids is 1. The van der Waals surface area contributed by atoms with Gasteiger partial charge in [-0.25, -0.2) is 4.39 Å². The largest absolute Gasteiger partial charge is 0.352 e. The predicted molar refractivity (Wildman–Crippen MR) is 80.3 cm³/mol. The number of benzene rings is 2. The van der Waals surface area contributed by atoms with Gasteiger partial charge in [0, 0.05) is 17.5 Å². The second-order valence-electron chi connectivity index (χ2n) is 6.21. The lowest BCUT2D eigenvalue weighted by molar-refractivity contribution is 0.0951. The van der Waals surface area contributed by atoms with Crippen LogP contribution in [-0.4, -0.2) is 12.5 Å². The molecule has 2 aromatic rings. The van der Waals surface area contributed by atoms with E-state index in [0.717, 1.165) is 6.42 Å². The van der Waals surface area contributed by atoms with E-state index in [-0.39, 0.29) is 17.1 Å². The van der Waals surface area contributed by atoms with Crippen molar-refractivity contribution in [2.24, 2.45) is 5.41 Å². The lowest BCUT2D eigenvalue weighted by Crippen LogP contribution is -2.27. The summed E-state index contributed by atoms with van der Waals surface area (Å²) in [6.45, 7) is 7.01. The molecule has 0 aliphatic carbocycles.